The lowest BCUT2D eigenvalue weighted by Crippen LogP contribution is -2.10. The summed E-state index contributed by atoms with van der Waals surface area (Å²) in [5.74, 6) is 0. The van der Waals surface area contributed by atoms with E-state index in [1.807, 2.05) is 7.05 Å². The average Bonchev–Trinajstić information content (AvgIpc) is 2.75. The van der Waals surface area contributed by atoms with Gasteiger partial charge in [0.15, 0.2) is 0 Å². The molecule has 0 spiro atoms. The molecule has 0 aromatic heterocycles. The first-order valence-corrected chi connectivity index (χ1v) is 6.15. The molecule has 2 aromatic carbocycles. The van der Waals surface area contributed by atoms with Gasteiger partial charge < -0.3 is 10.2 Å². The van der Waals surface area contributed by atoms with Crippen LogP contribution in [0.5, 0.6) is 0 Å². The molecule has 0 aliphatic heterocycles. The molecule has 0 atom stereocenters. The van der Waals surface area contributed by atoms with Crippen molar-refractivity contribution >= 4 is 22.1 Å². The number of aryl methyl sites for hydroxylation is 2. The number of rotatable bonds is 2. The van der Waals surface area contributed by atoms with Gasteiger partial charge in [-0.25, -0.2) is 0 Å². The summed E-state index contributed by atoms with van der Waals surface area (Å²) in [6.45, 7) is 0. The van der Waals surface area contributed by atoms with Crippen LogP contribution in [-0.4, -0.2) is 21.1 Å². The standard InChI is InChI=1S/C15H18N2/c1-16-12-8-6-10-4-5-11-7-9-13(17(2)3)15(12)14(10)11/h6-9,16H,4-5H2,1-3H3. The second-order valence-electron chi connectivity index (χ2n) is 4.91. The summed E-state index contributed by atoms with van der Waals surface area (Å²) in [6.07, 6.45) is 2.37. The Morgan fingerprint density at radius 1 is 0.941 bits per heavy atom. The topological polar surface area (TPSA) is 15.3 Å². The summed E-state index contributed by atoms with van der Waals surface area (Å²) in [4.78, 5) is 2.20. The first-order chi connectivity index (χ1) is 8.22. The van der Waals surface area contributed by atoms with Gasteiger partial charge in [0, 0.05) is 37.9 Å². The molecule has 0 unspecified atom stereocenters. The van der Waals surface area contributed by atoms with Crippen LogP contribution in [0.25, 0.3) is 10.8 Å². The van der Waals surface area contributed by atoms with E-state index in [0.717, 1.165) is 0 Å². The number of anilines is 2. The normalized spacial score (nSPS) is 13.1. The van der Waals surface area contributed by atoms with Crippen LogP contribution < -0.4 is 10.2 Å². The molecule has 0 saturated heterocycles. The highest BCUT2D eigenvalue weighted by molar-refractivity contribution is 6.07. The Bertz CT molecular complexity index is 575. The van der Waals surface area contributed by atoms with E-state index >= 15 is 0 Å². The summed E-state index contributed by atoms with van der Waals surface area (Å²) in [6, 6.07) is 9.01. The van der Waals surface area contributed by atoms with Crippen molar-refractivity contribution in [2.24, 2.45) is 0 Å². The van der Waals surface area contributed by atoms with E-state index in [1.54, 1.807) is 0 Å². The molecule has 1 aliphatic rings. The van der Waals surface area contributed by atoms with Crippen LogP contribution in [0.3, 0.4) is 0 Å². The lowest BCUT2D eigenvalue weighted by atomic mass is 10.0. The average molecular weight is 226 g/mol. The Morgan fingerprint density at radius 2 is 1.59 bits per heavy atom. The quantitative estimate of drug-likeness (QED) is 0.846. The van der Waals surface area contributed by atoms with Gasteiger partial charge in [0.05, 0.1) is 0 Å². The third-order valence-corrected chi connectivity index (χ3v) is 3.73. The van der Waals surface area contributed by atoms with Crippen LogP contribution in [0.1, 0.15) is 11.1 Å². The molecule has 0 saturated carbocycles. The SMILES string of the molecule is CNc1ccc2c3c(ccc(N(C)C)c13)CC2. The van der Waals surface area contributed by atoms with E-state index in [2.05, 4.69) is 48.6 Å². The van der Waals surface area contributed by atoms with Crippen molar-refractivity contribution in [2.45, 2.75) is 12.8 Å². The molecule has 1 N–H and O–H groups in total. The fourth-order valence-corrected chi connectivity index (χ4v) is 2.89. The fraction of sp³-hybridized carbons (Fsp3) is 0.333. The molecule has 0 fully saturated rings. The van der Waals surface area contributed by atoms with E-state index in [9.17, 15) is 0 Å². The van der Waals surface area contributed by atoms with Crippen LogP contribution in [0.15, 0.2) is 24.3 Å². The van der Waals surface area contributed by atoms with Crippen LogP contribution >= 0.6 is 0 Å². The number of hydrogen-bond acceptors (Lipinski definition) is 2. The monoisotopic (exact) mass is 226 g/mol. The van der Waals surface area contributed by atoms with Crippen molar-refractivity contribution in [3.63, 3.8) is 0 Å². The second kappa shape index (κ2) is 3.66. The van der Waals surface area contributed by atoms with E-state index in [0.29, 0.717) is 0 Å². The molecule has 2 heteroatoms. The minimum atomic E-state index is 1.19. The van der Waals surface area contributed by atoms with Crippen molar-refractivity contribution in [3.05, 3.63) is 35.4 Å². The maximum absolute atomic E-state index is 3.32. The molecule has 88 valence electrons. The van der Waals surface area contributed by atoms with Gasteiger partial charge in [-0.3, -0.25) is 0 Å². The van der Waals surface area contributed by atoms with Gasteiger partial charge in [0.2, 0.25) is 0 Å². The van der Waals surface area contributed by atoms with E-state index in [4.69, 9.17) is 0 Å². The van der Waals surface area contributed by atoms with E-state index in [1.165, 1.54) is 46.1 Å². The van der Waals surface area contributed by atoms with Crippen LogP contribution in [0, 0.1) is 0 Å². The third kappa shape index (κ3) is 1.40. The minimum absolute atomic E-state index is 1.19. The van der Waals surface area contributed by atoms with E-state index < -0.39 is 0 Å². The van der Waals surface area contributed by atoms with Crippen molar-refractivity contribution in [3.8, 4) is 0 Å². The zero-order valence-corrected chi connectivity index (χ0v) is 10.7. The van der Waals surface area contributed by atoms with E-state index in [-0.39, 0.29) is 0 Å². The van der Waals surface area contributed by atoms with Gasteiger partial charge in [-0.1, -0.05) is 12.1 Å². The molecule has 17 heavy (non-hydrogen) atoms. The van der Waals surface area contributed by atoms with Crippen molar-refractivity contribution in [1.29, 1.82) is 0 Å². The molecule has 2 nitrogen and oxygen atoms in total. The van der Waals surface area contributed by atoms with Crippen LogP contribution in [0.2, 0.25) is 0 Å². The zero-order chi connectivity index (χ0) is 12.0. The molecule has 0 radical (unpaired) electrons. The number of nitrogens with zero attached hydrogens (tertiary/aromatic N) is 1. The first kappa shape index (κ1) is 10.5. The van der Waals surface area contributed by atoms with Gasteiger partial charge in [-0.15, -0.1) is 0 Å². The van der Waals surface area contributed by atoms with Gasteiger partial charge >= 0.3 is 0 Å². The Labute approximate surface area is 102 Å². The molecule has 0 bridgehead atoms. The molecule has 3 rings (SSSR count). The minimum Gasteiger partial charge on any atom is -0.388 e. The lowest BCUT2D eigenvalue weighted by molar-refractivity contribution is 1.02. The molecule has 0 heterocycles. The Balaban J connectivity index is 2.46. The zero-order valence-electron chi connectivity index (χ0n) is 10.7. The molecule has 2 aromatic rings. The highest BCUT2D eigenvalue weighted by atomic mass is 15.1. The fourth-order valence-electron chi connectivity index (χ4n) is 2.89. The first-order valence-electron chi connectivity index (χ1n) is 6.15. The Kier molecular flexibility index (Phi) is 2.25. The van der Waals surface area contributed by atoms with Gasteiger partial charge in [0.25, 0.3) is 0 Å². The van der Waals surface area contributed by atoms with Crippen molar-refractivity contribution < 1.29 is 0 Å². The smallest absolute Gasteiger partial charge is 0.0461 e. The molecular formula is C15H18N2. The molecule has 0 amide bonds. The van der Waals surface area contributed by atoms with Crippen LogP contribution in [-0.2, 0) is 12.8 Å². The molecule has 1 aliphatic carbocycles. The van der Waals surface area contributed by atoms with Crippen molar-refractivity contribution in [2.75, 3.05) is 31.4 Å². The largest absolute Gasteiger partial charge is 0.388 e. The van der Waals surface area contributed by atoms with Crippen molar-refractivity contribution in [1.82, 2.24) is 0 Å². The maximum atomic E-state index is 3.32. The van der Waals surface area contributed by atoms with Gasteiger partial charge in [-0.2, -0.15) is 0 Å². The third-order valence-electron chi connectivity index (χ3n) is 3.73. The molecular weight excluding hydrogens is 208 g/mol. The van der Waals surface area contributed by atoms with Gasteiger partial charge in [0.1, 0.15) is 0 Å². The Morgan fingerprint density at radius 3 is 2.18 bits per heavy atom. The second-order valence-corrected chi connectivity index (χ2v) is 4.91. The summed E-state index contributed by atoms with van der Waals surface area (Å²) in [7, 11) is 6.22. The van der Waals surface area contributed by atoms with Gasteiger partial charge in [-0.05, 0) is 41.5 Å². The summed E-state index contributed by atoms with van der Waals surface area (Å²) < 4.78 is 0. The van der Waals surface area contributed by atoms with Crippen LogP contribution in [0.4, 0.5) is 11.4 Å². The highest BCUT2D eigenvalue weighted by Gasteiger charge is 2.18. The summed E-state index contributed by atoms with van der Waals surface area (Å²) in [5, 5.41) is 6.18. The Hall–Kier alpha value is -1.70. The number of benzene rings is 2. The lowest BCUT2D eigenvalue weighted by Gasteiger charge is -2.19. The number of nitrogens with one attached hydrogen (secondary N) is 1. The highest BCUT2D eigenvalue weighted by Crippen LogP contribution is 2.40. The maximum Gasteiger partial charge on any atom is 0.0461 e. The predicted molar refractivity (Wildman–Crippen MR) is 75.2 cm³/mol. The summed E-state index contributed by atoms with van der Waals surface area (Å²) >= 11 is 0. The number of hydrogen-bond donors (Lipinski definition) is 1. The predicted octanol–water partition coefficient (Wildman–Crippen LogP) is 3.05. The summed E-state index contributed by atoms with van der Waals surface area (Å²) in [5.41, 5.74) is 5.53.